The van der Waals surface area contributed by atoms with Crippen molar-refractivity contribution in [3.05, 3.63) is 35.4 Å². The van der Waals surface area contributed by atoms with E-state index in [1.165, 1.54) is 31.0 Å². The first kappa shape index (κ1) is 13.5. The van der Waals surface area contributed by atoms with Gasteiger partial charge in [-0.3, -0.25) is 0 Å². The Morgan fingerprint density at radius 3 is 2.56 bits per heavy atom. The molecule has 2 rings (SSSR count). The maximum Gasteiger partial charge on any atom is 0.130 e. The lowest BCUT2D eigenvalue weighted by Crippen LogP contribution is -2.37. The Labute approximate surface area is 108 Å². The summed E-state index contributed by atoms with van der Waals surface area (Å²) in [5.41, 5.74) is 0.491. The van der Waals surface area contributed by atoms with Gasteiger partial charge in [-0.15, -0.1) is 0 Å². The second kappa shape index (κ2) is 5.35. The zero-order valence-electron chi connectivity index (χ0n) is 11.1. The number of hydrogen-bond donors (Lipinski definition) is 1. The van der Waals surface area contributed by atoms with Crippen molar-refractivity contribution in [2.75, 3.05) is 0 Å². The molecule has 0 spiro atoms. The number of benzene rings is 1. The molecule has 100 valence electrons. The third-order valence-electron chi connectivity index (χ3n) is 3.83. The van der Waals surface area contributed by atoms with E-state index in [9.17, 15) is 8.78 Å². The molecule has 0 amide bonds. The Bertz CT molecular complexity index is 395. The fraction of sp³-hybridized carbons (Fsp3) is 0.600. The zero-order chi connectivity index (χ0) is 13.2. The molecule has 1 unspecified atom stereocenters. The minimum absolute atomic E-state index is 0.154. The van der Waals surface area contributed by atoms with Crippen molar-refractivity contribution in [1.82, 2.24) is 5.32 Å². The summed E-state index contributed by atoms with van der Waals surface area (Å²) < 4.78 is 27.0. The van der Waals surface area contributed by atoms with Crippen LogP contribution < -0.4 is 5.32 Å². The quantitative estimate of drug-likeness (QED) is 0.857. The average molecular weight is 253 g/mol. The summed E-state index contributed by atoms with van der Waals surface area (Å²) in [5, 5.41) is 3.30. The lowest BCUT2D eigenvalue weighted by atomic mass is 9.75. The Hall–Kier alpha value is -0.960. The summed E-state index contributed by atoms with van der Waals surface area (Å²) in [6, 6.07) is 4.39. The zero-order valence-corrected chi connectivity index (χ0v) is 11.1. The minimum atomic E-state index is -0.461. The summed E-state index contributed by atoms with van der Waals surface area (Å²) in [7, 11) is 0. The maximum atomic E-state index is 13.5. The van der Waals surface area contributed by atoms with Crippen LogP contribution >= 0.6 is 0 Å². The molecule has 1 saturated carbocycles. The van der Waals surface area contributed by atoms with Crippen LogP contribution in [0.1, 0.15) is 45.1 Å². The number of hydrogen-bond acceptors (Lipinski definition) is 1. The molecule has 3 heteroatoms. The smallest absolute Gasteiger partial charge is 0.130 e. The molecular formula is C15H21F2N. The van der Waals surface area contributed by atoms with E-state index in [-0.39, 0.29) is 12.1 Å². The van der Waals surface area contributed by atoms with Crippen molar-refractivity contribution < 1.29 is 8.78 Å². The van der Waals surface area contributed by atoms with E-state index in [0.29, 0.717) is 11.5 Å². The summed E-state index contributed by atoms with van der Waals surface area (Å²) in [4.78, 5) is 0. The summed E-state index contributed by atoms with van der Waals surface area (Å²) in [5.74, 6) is -0.921. The van der Waals surface area contributed by atoms with Gasteiger partial charge < -0.3 is 5.32 Å². The lowest BCUT2D eigenvalue weighted by molar-refractivity contribution is 0.197. The van der Waals surface area contributed by atoms with Crippen LogP contribution in [-0.4, -0.2) is 6.04 Å². The van der Waals surface area contributed by atoms with Gasteiger partial charge >= 0.3 is 0 Å². The predicted octanol–water partition coefficient (Wildman–Crippen LogP) is 4.02. The fourth-order valence-corrected chi connectivity index (χ4v) is 2.82. The highest BCUT2D eigenvalue weighted by Crippen LogP contribution is 2.35. The third-order valence-corrected chi connectivity index (χ3v) is 3.83. The van der Waals surface area contributed by atoms with Crippen LogP contribution in [0.3, 0.4) is 0 Å². The highest BCUT2D eigenvalue weighted by Gasteiger charge is 2.27. The normalized spacial score (nSPS) is 23.0. The van der Waals surface area contributed by atoms with Gasteiger partial charge in [0.25, 0.3) is 0 Å². The molecule has 0 bridgehead atoms. The Kier molecular flexibility index (Phi) is 4.00. The first-order chi connectivity index (χ1) is 8.48. The minimum Gasteiger partial charge on any atom is -0.310 e. The molecule has 1 atom stereocenters. The van der Waals surface area contributed by atoms with Gasteiger partial charge in [-0.1, -0.05) is 26.3 Å². The maximum absolute atomic E-state index is 13.5. The number of nitrogens with one attached hydrogen (secondary N) is 1. The largest absolute Gasteiger partial charge is 0.310 e. The van der Waals surface area contributed by atoms with Crippen LogP contribution in [0, 0.1) is 17.0 Å². The Morgan fingerprint density at radius 1 is 1.28 bits per heavy atom. The van der Waals surface area contributed by atoms with Crippen LogP contribution in [0.15, 0.2) is 18.2 Å². The number of halogens is 2. The molecular weight excluding hydrogens is 232 g/mol. The SMILES string of the molecule is CC1(C)CCCC(NCc2c(F)cccc2F)C1. The summed E-state index contributed by atoms with van der Waals surface area (Å²) in [6.07, 6.45) is 4.59. The number of rotatable bonds is 3. The molecule has 0 aromatic heterocycles. The van der Waals surface area contributed by atoms with Crippen molar-refractivity contribution in [3.8, 4) is 0 Å². The third kappa shape index (κ3) is 3.29. The molecule has 1 aliphatic carbocycles. The summed E-state index contributed by atoms with van der Waals surface area (Å²) >= 11 is 0. The average Bonchev–Trinajstić information content (AvgIpc) is 2.27. The van der Waals surface area contributed by atoms with E-state index in [1.54, 1.807) is 0 Å². The molecule has 0 heterocycles. The van der Waals surface area contributed by atoms with E-state index in [2.05, 4.69) is 19.2 Å². The topological polar surface area (TPSA) is 12.0 Å². The lowest BCUT2D eigenvalue weighted by Gasteiger charge is -2.35. The van der Waals surface area contributed by atoms with E-state index in [1.807, 2.05) is 0 Å². The molecule has 1 fully saturated rings. The molecule has 1 aliphatic rings. The van der Waals surface area contributed by atoms with Crippen molar-refractivity contribution in [2.45, 2.75) is 52.1 Å². The monoisotopic (exact) mass is 253 g/mol. The van der Waals surface area contributed by atoms with Gasteiger partial charge in [-0.25, -0.2) is 8.78 Å². The highest BCUT2D eigenvalue weighted by atomic mass is 19.1. The van der Waals surface area contributed by atoms with Gasteiger partial charge in [0.2, 0.25) is 0 Å². The van der Waals surface area contributed by atoms with Crippen LogP contribution in [0.5, 0.6) is 0 Å². The predicted molar refractivity (Wildman–Crippen MR) is 69.2 cm³/mol. The van der Waals surface area contributed by atoms with Crippen molar-refractivity contribution >= 4 is 0 Å². The molecule has 0 radical (unpaired) electrons. The Balaban J connectivity index is 1.95. The van der Waals surface area contributed by atoms with Crippen LogP contribution in [0.4, 0.5) is 8.78 Å². The highest BCUT2D eigenvalue weighted by molar-refractivity contribution is 5.19. The van der Waals surface area contributed by atoms with Gasteiger partial charge in [-0.2, -0.15) is 0 Å². The van der Waals surface area contributed by atoms with Crippen LogP contribution in [0.25, 0.3) is 0 Å². The van der Waals surface area contributed by atoms with Crippen LogP contribution in [-0.2, 0) is 6.54 Å². The van der Waals surface area contributed by atoms with E-state index in [0.717, 1.165) is 12.8 Å². The molecule has 1 aromatic carbocycles. The first-order valence-electron chi connectivity index (χ1n) is 6.64. The second-order valence-corrected chi connectivity index (χ2v) is 6.04. The molecule has 1 nitrogen and oxygen atoms in total. The van der Waals surface area contributed by atoms with E-state index < -0.39 is 11.6 Å². The fourth-order valence-electron chi connectivity index (χ4n) is 2.82. The molecule has 1 aromatic rings. The summed E-state index contributed by atoms with van der Waals surface area (Å²) in [6.45, 7) is 4.79. The van der Waals surface area contributed by atoms with Crippen LogP contribution in [0.2, 0.25) is 0 Å². The van der Waals surface area contributed by atoms with Gasteiger partial charge in [0.05, 0.1) is 0 Å². The Morgan fingerprint density at radius 2 is 1.94 bits per heavy atom. The molecule has 0 aliphatic heterocycles. The first-order valence-corrected chi connectivity index (χ1v) is 6.64. The molecule has 1 N–H and O–H groups in total. The molecule has 18 heavy (non-hydrogen) atoms. The van der Waals surface area contributed by atoms with E-state index >= 15 is 0 Å². The van der Waals surface area contributed by atoms with Gasteiger partial charge in [0.1, 0.15) is 11.6 Å². The van der Waals surface area contributed by atoms with Gasteiger partial charge in [-0.05, 0) is 36.8 Å². The van der Waals surface area contributed by atoms with E-state index in [4.69, 9.17) is 0 Å². The van der Waals surface area contributed by atoms with Crippen molar-refractivity contribution in [2.24, 2.45) is 5.41 Å². The standard InChI is InChI=1S/C15H21F2N/c1-15(2)8-4-5-11(9-15)18-10-12-13(16)6-3-7-14(12)17/h3,6-7,11,18H,4-5,8-10H2,1-2H3. The van der Waals surface area contributed by atoms with Gasteiger partial charge in [0, 0.05) is 18.2 Å². The van der Waals surface area contributed by atoms with Crippen molar-refractivity contribution in [1.29, 1.82) is 0 Å². The van der Waals surface area contributed by atoms with Crippen molar-refractivity contribution in [3.63, 3.8) is 0 Å². The molecule has 0 saturated heterocycles. The second-order valence-electron chi connectivity index (χ2n) is 6.04. The van der Waals surface area contributed by atoms with Gasteiger partial charge in [0.15, 0.2) is 0 Å².